The van der Waals surface area contributed by atoms with Crippen LogP contribution in [0.1, 0.15) is 52.0 Å². The first-order chi connectivity index (χ1) is 10.9. The first-order valence-electron chi connectivity index (χ1n) is 8.54. The van der Waals surface area contributed by atoms with Gasteiger partial charge in [-0.25, -0.2) is 0 Å². The molecule has 0 amide bonds. The first-order valence-corrected chi connectivity index (χ1v) is 8.54. The van der Waals surface area contributed by atoms with Crippen LogP contribution in [0.25, 0.3) is 0 Å². The maximum absolute atomic E-state index is 10.8. The van der Waals surface area contributed by atoms with Crippen molar-refractivity contribution in [2.45, 2.75) is 51.9 Å². The van der Waals surface area contributed by atoms with Crippen LogP contribution in [0.5, 0.6) is 0 Å². The number of ether oxygens (including phenoxy) is 1. The average Bonchev–Trinajstić information content (AvgIpc) is 2.75. The number of nitrogens with zero attached hydrogens (tertiary/aromatic N) is 1. The Morgan fingerprint density at radius 2 is 2.00 bits per heavy atom. The third-order valence-electron chi connectivity index (χ3n) is 4.57. The largest absolute Gasteiger partial charge is 0.466 e. The number of fused-ring (bicyclic) bond motifs is 1. The van der Waals surface area contributed by atoms with Gasteiger partial charge in [0.25, 0.3) is 0 Å². The molecule has 1 aliphatic rings. The molecule has 0 N–H and O–H groups in total. The normalized spacial score (nSPS) is 19.5. The van der Waals surface area contributed by atoms with E-state index in [-0.39, 0.29) is 11.4 Å². The molecule has 0 bridgehead atoms. The summed E-state index contributed by atoms with van der Waals surface area (Å²) < 4.78 is 5.00. The van der Waals surface area contributed by atoms with Crippen molar-refractivity contribution in [2.75, 3.05) is 24.6 Å². The van der Waals surface area contributed by atoms with Crippen molar-refractivity contribution < 1.29 is 9.53 Å². The molecule has 3 heteroatoms. The number of carbonyl (C=O) groups excluding carboxylic acids is 1. The maximum Gasteiger partial charge on any atom is 0.302 e. The van der Waals surface area contributed by atoms with Crippen LogP contribution in [0.4, 0.5) is 5.69 Å². The first kappa shape index (κ1) is 17.6. The maximum atomic E-state index is 10.8. The van der Waals surface area contributed by atoms with Gasteiger partial charge in [0.15, 0.2) is 0 Å². The van der Waals surface area contributed by atoms with Crippen molar-refractivity contribution in [2.24, 2.45) is 0 Å². The van der Waals surface area contributed by atoms with E-state index < -0.39 is 0 Å². The molecule has 1 heterocycles. The highest BCUT2D eigenvalue weighted by Crippen LogP contribution is 2.43. The van der Waals surface area contributed by atoms with Gasteiger partial charge in [0.1, 0.15) is 0 Å². The molecule has 1 aromatic rings. The molecular formula is C20H29NO2. The summed E-state index contributed by atoms with van der Waals surface area (Å²) in [6.07, 6.45) is 4.38. The van der Waals surface area contributed by atoms with Crippen LogP contribution in [0.2, 0.25) is 0 Å². The summed E-state index contributed by atoms with van der Waals surface area (Å²) in [5.41, 5.74) is 4.22. The van der Waals surface area contributed by atoms with E-state index in [1.807, 2.05) is 0 Å². The summed E-state index contributed by atoms with van der Waals surface area (Å²) in [6, 6.07) is 8.76. The van der Waals surface area contributed by atoms with Gasteiger partial charge >= 0.3 is 5.97 Å². The number of rotatable bonds is 8. The summed E-state index contributed by atoms with van der Waals surface area (Å²) in [6.45, 7) is 12.5. The fraction of sp³-hybridized carbons (Fsp3) is 0.550. The van der Waals surface area contributed by atoms with Crippen LogP contribution in [0, 0.1) is 0 Å². The fourth-order valence-corrected chi connectivity index (χ4v) is 3.54. The van der Waals surface area contributed by atoms with Crippen LogP contribution in [-0.4, -0.2) is 25.7 Å². The Bertz CT molecular complexity index is 567. The van der Waals surface area contributed by atoms with Crippen molar-refractivity contribution >= 4 is 11.7 Å². The van der Waals surface area contributed by atoms with Crippen LogP contribution in [0.15, 0.2) is 36.4 Å². The lowest BCUT2D eigenvalue weighted by Gasteiger charge is -2.26. The number of esters is 1. The van der Waals surface area contributed by atoms with E-state index >= 15 is 0 Å². The molecule has 2 rings (SSSR count). The molecule has 1 aliphatic heterocycles. The molecule has 126 valence electrons. The number of hydrogen-bond donors (Lipinski definition) is 0. The Morgan fingerprint density at radius 1 is 1.26 bits per heavy atom. The lowest BCUT2D eigenvalue weighted by molar-refractivity contribution is -0.141. The molecule has 1 atom stereocenters. The number of hydrogen-bond acceptors (Lipinski definition) is 3. The van der Waals surface area contributed by atoms with Crippen molar-refractivity contribution in [1.82, 2.24) is 0 Å². The molecule has 23 heavy (non-hydrogen) atoms. The average molecular weight is 315 g/mol. The van der Waals surface area contributed by atoms with Gasteiger partial charge in [0, 0.05) is 31.1 Å². The number of para-hydroxylation sites is 1. The van der Waals surface area contributed by atoms with E-state index in [0.717, 1.165) is 38.8 Å². The van der Waals surface area contributed by atoms with Gasteiger partial charge in [0.05, 0.1) is 6.61 Å². The Kier molecular flexibility index (Phi) is 5.86. The molecule has 0 saturated carbocycles. The predicted octanol–water partition coefficient (Wildman–Crippen LogP) is 4.46. The van der Waals surface area contributed by atoms with Crippen LogP contribution >= 0.6 is 0 Å². The Morgan fingerprint density at radius 3 is 2.70 bits per heavy atom. The highest BCUT2D eigenvalue weighted by molar-refractivity contribution is 5.65. The van der Waals surface area contributed by atoms with E-state index in [1.165, 1.54) is 23.7 Å². The standard InChI is InChI=1S/C20H29NO2/c1-16(2)14-21-15-20(4,18-10-6-7-11-19(18)21)12-8-5-9-13-23-17(3)22/h6-7,10-11H,1,5,8-9,12-15H2,2-4H3/t20-/m0/s1. The zero-order valence-electron chi connectivity index (χ0n) is 14.7. The zero-order chi connectivity index (χ0) is 16.9. The third kappa shape index (κ3) is 4.60. The van der Waals surface area contributed by atoms with Gasteiger partial charge < -0.3 is 9.64 Å². The molecule has 0 unspecified atom stereocenters. The summed E-state index contributed by atoms with van der Waals surface area (Å²) in [7, 11) is 0. The van der Waals surface area contributed by atoms with Crippen molar-refractivity contribution in [1.29, 1.82) is 0 Å². The molecule has 1 aromatic carbocycles. The molecule has 0 saturated heterocycles. The second-order valence-corrected chi connectivity index (χ2v) is 7.04. The van der Waals surface area contributed by atoms with E-state index in [2.05, 4.69) is 49.6 Å². The van der Waals surface area contributed by atoms with Crippen LogP contribution < -0.4 is 4.90 Å². The van der Waals surface area contributed by atoms with Gasteiger partial charge in [-0.2, -0.15) is 0 Å². The summed E-state index contributed by atoms with van der Waals surface area (Å²) in [5.74, 6) is -0.183. The minimum atomic E-state index is -0.183. The SMILES string of the molecule is C=C(C)CN1C[C@](C)(CCCCCOC(C)=O)c2ccccc21. The number of unbranched alkanes of at least 4 members (excludes halogenated alkanes) is 2. The summed E-state index contributed by atoms with van der Waals surface area (Å²) >= 11 is 0. The second kappa shape index (κ2) is 7.67. The number of anilines is 1. The van der Waals surface area contributed by atoms with Gasteiger partial charge in [-0.1, -0.05) is 50.1 Å². The quantitative estimate of drug-likeness (QED) is 0.403. The Hall–Kier alpha value is -1.77. The second-order valence-electron chi connectivity index (χ2n) is 7.04. The van der Waals surface area contributed by atoms with E-state index in [0.29, 0.717) is 6.61 Å². The molecule has 0 radical (unpaired) electrons. The van der Waals surface area contributed by atoms with Crippen molar-refractivity contribution in [3.05, 3.63) is 42.0 Å². The van der Waals surface area contributed by atoms with Gasteiger partial charge in [-0.05, 0) is 31.4 Å². The van der Waals surface area contributed by atoms with Crippen molar-refractivity contribution in [3.8, 4) is 0 Å². The molecular weight excluding hydrogens is 286 g/mol. The summed E-state index contributed by atoms with van der Waals surface area (Å²) in [5, 5.41) is 0. The lowest BCUT2D eigenvalue weighted by atomic mass is 9.80. The van der Waals surface area contributed by atoms with E-state index in [1.54, 1.807) is 0 Å². The Balaban J connectivity index is 1.93. The molecule has 3 nitrogen and oxygen atoms in total. The minimum absolute atomic E-state index is 0.183. The minimum Gasteiger partial charge on any atom is -0.466 e. The highest BCUT2D eigenvalue weighted by Gasteiger charge is 2.37. The predicted molar refractivity (Wildman–Crippen MR) is 95.9 cm³/mol. The zero-order valence-corrected chi connectivity index (χ0v) is 14.7. The van der Waals surface area contributed by atoms with Gasteiger partial charge in [0.2, 0.25) is 0 Å². The topological polar surface area (TPSA) is 29.5 Å². The van der Waals surface area contributed by atoms with Gasteiger partial charge in [-0.3, -0.25) is 4.79 Å². The third-order valence-corrected chi connectivity index (χ3v) is 4.57. The van der Waals surface area contributed by atoms with Crippen LogP contribution in [0.3, 0.4) is 0 Å². The number of benzene rings is 1. The molecule has 0 fully saturated rings. The number of carbonyl (C=O) groups is 1. The lowest BCUT2D eigenvalue weighted by Crippen LogP contribution is -2.31. The van der Waals surface area contributed by atoms with Crippen LogP contribution in [-0.2, 0) is 14.9 Å². The summed E-state index contributed by atoms with van der Waals surface area (Å²) in [4.78, 5) is 13.2. The molecule has 0 aromatic heterocycles. The Labute approximate surface area is 140 Å². The fourth-order valence-electron chi connectivity index (χ4n) is 3.54. The molecule has 0 aliphatic carbocycles. The smallest absolute Gasteiger partial charge is 0.302 e. The van der Waals surface area contributed by atoms with Crippen molar-refractivity contribution in [3.63, 3.8) is 0 Å². The van der Waals surface area contributed by atoms with Gasteiger partial charge in [-0.15, -0.1) is 0 Å². The van der Waals surface area contributed by atoms with E-state index in [4.69, 9.17) is 4.74 Å². The monoisotopic (exact) mass is 315 g/mol. The highest BCUT2D eigenvalue weighted by atomic mass is 16.5. The molecule has 0 spiro atoms. The van der Waals surface area contributed by atoms with E-state index in [9.17, 15) is 4.79 Å².